The van der Waals surface area contributed by atoms with Crippen molar-refractivity contribution in [2.75, 3.05) is 6.54 Å². The molecule has 0 saturated carbocycles. The first kappa shape index (κ1) is 19.3. The van der Waals surface area contributed by atoms with Crippen molar-refractivity contribution in [3.05, 3.63) is 72.0 Å². The first-order chi connectivity index (χ1) is 14.0. The van der Waals surface area contributed by atoms with Crippen molar-refractivity contribution in [3.8, 4) is 0 Å². The maximum absolute atomic E-state index is 13.3. The topological polar surface area (TPSA) is 75.3 Å². The number of rotatable bonds is 7. The number of hydrogen-bond acceptors (Lipinski definition) is 6. The Morgan fingerprint density at radius 3 is 2.62 bits per heavy atom. The summed E-state index contributed by atoms with van der Waals surface area (Å²) < 4.78 is 16.8. The van der Waals surface area contributed by atoms with Crippen molar-refractivity contribution >= 4 is 11.6 Å². The van der Waals surface area contributed by atoms with Gasteiger partial charge in [-0.05, 0) is 57.2 Å². The van der Waals surface area contributed by atoms with Gasteiger partial charge in [0.25, 0.3) is 5.91 Å². The summed E-state index contributed by atoms with van der Waals surface area (Å²) in [5, 5.41) is 6.12. The molecule has 0 aliphatic carbocycles. The predicted octanol–water partition coefficient (Wildman–Crippen LogP) is 4.36. The van der Waals surface area contributed by atoms with E-state index in [-0.39, 0.29) is 24.5 Å². The Labute approximate surface area is 169 Å². The fourth-order valence-corrected chi connectivity index (χ4v) is 3.47. The molecular weight excluding hydrogens is 370 g/mol. The number of aryl methyl sites for hydroxylation is 1. The maximum atomic E-state index is 13.3. The molecule has 7 nitrogen and oxygen atoms in total. The second kappa shape index (κ2) is 8.13. The molecule has 0 spiro atoms. The standard InChI is InChI=1S/C22H25N3O4/c1-15(2)24(13-17-9-8-16(3)29-17)14-22(26)25-19(21-7-5-11-28-21)12-18(23-25)20-6-4-10-27-20/h4-11,15,19H,12-14H2,1-3H3. The average Bonchev–Trinajstić information content (AvgIpc) is 3.46. The van der Waals surface area contributed by atoms with E-state index in [0.717, 1.165) is 17.2 Å². The average molecular weight is 395 g/mol. The number of furan rings is 3. The quantitative estimate of drug-likeness (QED) is 0.594. The summed E-state index contributed by atoms with van der Waals surface area (Å²) in [6.07, 6.45) is 3.77. The van der Waals surface area contributed by atoms with Crippen LogP contribution in [0.1, 0.15) is 49.4 Å². The molecule has 0 bridgehead atoms. The minimum Gasteiger partial charge on any atom is -0.467 e. The van der Waals surface area contributed by atoms with Crippen molar-refractivity contribution in [1.29, 1.82) is 0 Å². The van der Waals surface area contributed by atoms with E-state index < -0.39 is 0 Å². The SMILES string of the molecule is Cc1ccc(CN(CC(=O)N2N=C(c3ccco3)CC2c2ccco2)C(C)C)o1. The lowest BCUT2D eigenvalue weighted by atomic mass is 10.1. The van der Waals surface area contributed by atoms with Crippen molar-refractivity contribution < 1.29 is 18.0 Å². The molecular formula is C22H25N3O4. The van der Waals surface area contributed by atoms with E-state index in [0.29, 0.717) is 24.5 Å². The minimum atomic E-state index is -0.280. The molecule has 0 N–H and O–H groups in total. The van der Waals surface area contributed by atoms with Gasteiger partial charge < -0.3 is 13.3 Å². The van der Waals surface area contributed by atoms with Crippen LogP contribution in [0.25, 0.3) is 0 Å². The molecule has 0 fully saturated rings. The summed E-state index contributed by atoms with van der Waals surface area (Å²) in [5.41, 5.74) is 0.738. The highest BCUT2D eigenvalue weighted by atomic mass is 16.3. The number of hydrazone groups is 1. The van der Waals surface area contributed by atoms with Crippen LogP contribution in [0.3, 0.4) is 0 Å². The van der Waals surface area contributed by atoms with Gasteiger partial charge in [-0.2, -0.15) is 5.10 Å². The van der Waals surface area contributed by atoms with Crippen LogP contribution in [0.5, 0.6) is 0 Å². The third-order valence-corrected chi connectivity index (χ3v) is 5.07. The van der Waals surface area contributed by atoms with Crippen molar-refractivity contribution in [2.24, 2.45) is 5.10 Å². The van der Waals surface area contributed by atoms with E-state index in [2.05, 4.69) is 23.8 Å². The minimum absolute atomic E-state index is 0.0927. The van der Waals surface area contributed by atoms with Crippen molar-refractivity contribution in [1.82, 2.24) is 9.91 Å². The third-order valence-electron chi connectivity index (χ3n) is 5.07. The van der Waals surface area contributed by atoms with E-state index in [9.17, 15) is 4.79 Å². The van der Waals surface area contributed by atoms with Crippen LogP contribution >= 0.6 is 0 Å². The highest BCUT2D eigenvalue weighted by molar-refractivity contribution is 6.01. The van der Waals surface area contributed by atoms with Crippen LogP contribution in [0.2, 0.25) is 0 Å². The smallest absolute Gasteiger partial charge is 0.257 e. The van der Waals surface area contributed by atoms with Crippen LogP contribution in [-0.4, -0.2) is 34.1 Å². The normalized spacial score (nSPS) is 16.8. The molecule has 3 aromatic rings. The summed E-state index contributed by atoms with van der Waals surface area (Å²) in [4.78, 5) is 15.3. The van der Waals surface area contributed by atoms with E-state index in [1.807, 2.05) is 43.3 Å². The molecule has 0 saturated heterocycles. The summed E-state index contributed by atoms with van der Waals surface area (Å²) >= 11 is 0. The molecule has 1 unspecified atom stereocenters. The van der Waals surface area contributed by atoms with Gasteiger partial charge in [0.1, 0.15) is 34.8 Å². The lowest BCUT2D eigenvalue weighted by Gasteiger charge is -2.28. The van der Waals surface area contributed by atoms with E-state index >= 15 is 0 Å². The molecule has 3 aromatic heterocycles. The van der Waals surface area contributed by atoms with Crippen LogP contribution in [0.15, 0.2) is 67.3 Å². The van der Waals surface area contributed by atoms with Crippen LogP contribution in [-0.2, 0) is 11.3 Å². The van der Waals surface area contributed by atoms with E-state index in [1.54, 1.807) is 12.5 Å². The zero-order valence-corrected chi connectivity index (χ0v) is 16.9. The fraction of sp³-hybridized carbons (Fsp3) is 0.364. The number of carbonyl (C=O) groups excluding carboxylic acids is 1. The molecule has 1 amide bonds. The van der Waals surface area contributed by atoms with Crippen molar-refractivity contribution in [2.45, 2.75) is 45.8 Å². The lowest BCUT2D eigenvalue weighted by molar-refractivity contribution is -0.135. The van der Waals surface area contributed by atoms with Gasteiger partial charge in [-0.15, -0.1) is 0 Å². The molecule has 4 rings (SSSR count). The molecule has 4 heterocycles. The Hall–Kier alpha value is -3.06. The monoisotopic (exact) mass is 395 g/mol. The largest absolute Gasteiger partial charge is 0.467 e. The lowest BCUT2D eigenvalue weighted by Crippen LogP contribution is -2.41. The molecule has 1 aliphatic heterocycles. The summed E-state index contributed by atoms with van der Waals surface area (Å²) in [5.74, 6) is 2.99. The van der Waals surface area contributed by atoms with Gasteiger partial charge in [-0.3, -0.25) is 9.69 Å². The van der Waals surface area contributed by atoms with Gasteiger partial charge in [0.15, 0.2) is 0 Å². The van der Waals surface area contributed by atoms with Crippen LogP contribution in [0, 0.1) is 6.92 Å². The Morgan fingerprint density at radius 1 is 1.21 bits per heavy atom. The zero-order chi connectivity index (χ0) is 20.4. The molecule has 0 radical (unpaired) electrons. The Kier molecular flexibility index (Phi) is 5.40. The summed E-state index contributed by atoms with van der Waals surface area (Å²) in [6.45, 7) is 6.83. The van der Waals surface area contributed by atoms with Crippen LogP contribution < -0.4 is 0 Å². The number of nitrogens with zero attached hydrogens (tertiary/aromatic N) is 3. The van der Waals surface area contributed by atoms with Gasteiger partial charge >= 0.3 is 0 Å². The van der Waals surface area contributed by atoms with Gasteiger partial charge in [-0.1, -0.05) is 0 Å². The Morgan fingerprint density at radius 2 is 2.00 bits per heavy atom. The fourth-order valence-electron chi connectivity index (χ4n) is 3.47. The second-order valence-corrected chi connectivity index (χ2v) is 7.51. The Balaban J connectivity index is 1.54. The Bertz CT molecular complexity index is 970. The van der Waals surface area contributed by atoms with Gasteiger partial charge in [0, 0.05) is 12.5 Å². The first-order valence-electron chi connectivity index (χ1n) is 9.77. The first-order valence-corrected chi connectivity index (χ1v) is 9.77. The number of amides is 1. The highest BCUT2D eigenvalue weighted by Gasteiger charge is 2.36. The maximum Gasteiger partial charge on any atom is 0.257 e. The second-order valence-electron chi connectivity index (χ2n) is 7.51. The molecule has 0 aromatic carbocycles. The van der Waals surface area contributed by atoms with Crippen molar-refractivity contribution in [3.63, 3.8) is 0 Å². The zero-order valence-electron chi connectivity index (χ0n) is 16.9. The van der Waals surface area contributed by atoms with Gasteiger partial charge in [-0.25, -0.2) is 5.01 Å². The molecule has 1 atom stereocenters. The molecule has 152 valence electrons. The van der Waals surface area contributed by atoms with Gasteiger partial charge in [0.2, 0.25) is 0 Å². The van der Waals surface area contributed by atoms with E-state index in [1.165, 1.54) is 5.01 Å². The number of hydrogen-bond donors (Lipinski definition) is 0. The predicted molar refractivity (Wildman–Crippen MR) is 107 cm³/mol. The third kappa shape index (κ3) is 4.19. The molecule has 7 heteroatoms. The van der Waals surface area contributed by atoms with Gasteiger partial charge in [0.05, 0.1) is 25.6 Å². The summed E-state index contributed by atoms with van der Waals surface area (Å²) in [6, 6.07) is 11.1. The van der Waals surface area contributed by atoms with Crippen LogP contribution in [0.4, 0.5) is 0 Å². The molecule has 1 aliphatic rings. The van der Waals surface area contributed by atoms with E-state index in [4.69, 9.17) is 13.3 Å². The molecule has 29 heavy (non-hydrogen) atoms. The number of carbonyl (C=O) groups is 1. The summed E-state index contributed by atoms with van der Waals surface area (Å²) in [7, 11) is 0. The highest BCUT2D eigenvalue weighted by Crippen LogP contribution is 2.33.